The second-order valence-electron chi connectivity index (χ2n) is 5.61. The molecule has 122 valence electrons. The van der Waals surface area contributed by atoms with Crippen molar-refractivity contribution in [3.63, 3.8) is 0 Å². The Labute approximate surface area is 136 Å². The van der Waals surface area contributed by atoms with E-state index in [1.807, 2.05) is 32.0 Å². The number of carbonyl (C=O) groups excluding carboxylic acids is 1. The van der Waals surface area contributed by atoms with Gasteiger partial charge in [-0.3, -0.25) is 4.79 Å². The van der Waals surface area contributed by atoms with Gasteiger partial charge in [-0.25, -0.2) is 0 Å². The number of benzene rings is 1. The SMILES string of the molecule is CCCCNC(=O)/C(C#N)=C/c1cc2c(cc1OC)CC(C)O2. The van der Waals surface area contributed by atoms with Crippen LogP contribution in [-0.2, 0) is 11.2 Å². The van der Waals surface area contributed by atoms with E-state index in [0.29, 0.717) is 17.9 Å². The number of nitriles is 1. The van der Waals surface area contributed by atoms with Crippen molar-refractivity contribution < 1.29 is 14.3 Å². The predicted octanol–water partition coefficient (Wildman–Crippen LogP) is 2.84. The highest BCUT2D eigenvalue weighted by molar-refractivity contribution is 6.02. The van der Waals surface area contributed by atoms with E-state index in [4.69, 9.17) is 9.47 Å². The molecule has 0 aliphatic carbocycles. The van der Waals surface area contributed by atoms with Crippen molar-refractivity contribution in [1.82, 2.24) is 5.32 Å². The fourth-order valence-electron chi connectivity index (χ4n) is 2.52. The molecule has 5 nitrogen and oxygen atoms in total. The standard InChI is InChI=1S/C18H22N2O3/c1-4-5-6-20-18(21)15(11-19)8-14-10-17-13(7-12(2)23-17)9-16(14)22-3/h8-10,12H,4-7H2,1-3H3,(H,20,21)/b15-8+. The number of hydrogen-bond acceptors (Lipinski definition) is 4. The first-order chi connectivity index (χ1) is 11.1. The number of nitrogens with zero attached hydrogens (tertiary/aromatic N) is 1. The van der Waals surface area contributed by atoms with Gasteiger partial charge in [-0.05, 0) is 31.6 Å². The van der Waals surface area contributed by atoms with Gasteiger partial charge < -0.3 is 14.8 Å². The maximum atomic E-state index is 12.1. The third-order valence-corrected chi connectivity index (χ3v) is 3.73. The molecule has 0 fully saturated rings. The first-order valence-corrected chi connectivity index (χ1v) is 7.86. The zero-order valence-corrected chi connectivity index (χ0v) is 13.8. The van der Waals surface area contributed by atoms with Crippen LogP contribution in [0.15, 0.2) is 17.7 Å². The van der Waals surface area contributed by atoms with Crippen molar-refractivity contribution in [1.29, 1.82) is 5.26 Å². The molecule has 1 atom stereocenters. The van der Waals surface area contributed by atoms with Crippen molar-refractivity contribution in [2.45, 2.75) is 39.2 Å². The number of fused-ring (bicyclic) bond motifs is 1. The molecule has 1 heterocycles. The molecule has 0 bridgehead atoms. The van der Waals surface area contributed by atoms with Crippen molar-refractivity contribution >= 4 is 12.0 Å². The van der Waals surface area contributed by atoms with Gasteiger partial charge in [-0.2, -0.15) is 5.26 Å². The van der Waals surface area contributed by atoms with Gasteiger partial charge in [0.15, 0.2) is 0 Å². The molecule has 1 aliphatic rings. The van der Waals surface area contributed by atoms with Crippen molar-refractivity contribution in [2.24, 2.45) is 0 Å². The summed E-state index contributed by atoms with van der Waals surface area (Å²) in [6, 6.07) is 5.70. The largest absolute Gasteiger partial charge is 0.496 e. The van der Waals surface area contributed by atoms with Crippen LogP contribution in [-0.4, -0.2) is 25.7 Å². The molecular formula is C18H22N2O3. The summed E-state index contributed by atoms with van der Waals surface area (Å²) in [6.07, 6.45) is 4.38. The normalized spacial score (nSPS) is 16.3. The van der Waals surface area contributed by atoms with E-state index >= 15 is 0 Å². The average Bonchev–Trinajstić information content (AvgIpc) is 2.90. The summed E-state index contributed by atoms with van der Waals surface area (Å²) in [5.74, 6) is 1.06. The van der Waals surface area contributed by atoms with Gasteiger partial charge in [0.1, 0.15) is 29.2 Å². The summed E-state index contributed by atoms with van der Waals surface area (Å²) in [5, 5.41) is 12.0. The number of rotatable bonds is 6. The Morgan fingerprint density at radius 1 is 1.57 bits per heavy atom. The number of amides is 1. The summed E-state index contributed by atoms with van der Waals surface area (Å²) in [5.41, 5.74) is 1.81. The fraction of sp³-hybridized carbons (Fsp3) is 0.444. The van der Waals surface area contributed by atoms with Crippen LogP contribution in [0.3, 0.4) is 0 Å². The summed E-state index contributed by atoms with van der Waals surface area (Å²) in [7, 11) is 1.58. The van der Waals surface area contributed by atoms with Gasteiger partial charge in [-0.15, -0.1) is 0 Å². The number of carbonyl (C=O) groups is 1. The van der Waals surface area contributed by atoms with E-state index in [1.165, 1.54) is 0 Å². The molecule has 0 radical (unpaired) electrons. The summed E-state index contributed by atoms with van der Waals surface area (Å²) >= 11 is 0. The highest BCUT2D eigenvalue weighted by Crippen LogP contribution is 2.35. The van der Waals surface area contributed by atoms with Crippen LogP contribution in [0.4, 0.5) is 0 Å². The molecule has 0 saturated carbocycles. The van der Waals surface area contributed by atoms with E-state index in [-0.39, 0.29) is 17.6 Å². The maximum Gasteiger partial charge on any atom is 0.261 e. The van der Waals surface area contributed by atoms with E-state index in [1.54, 1.807) is 13.2 Å². The van der Waals surface area contributed by atoms with Gasteiger partial charge in [-0.1, -0.05) is 13.3 Å². The number of unbranched alkanes of at least 4 members (excludes halogenated alkanes) is 1. The highest BCUT2D eigenvalue weighted by atomic mass is 16.5. The molecule has 1 aromatic carbocycles. The Bertz CT molecular complexity index is 659. The average molecular weight is 314 g/mol. The molecule has 2 rings (SSSR count). The van der Waals surface area contributed by atoms with Crippen molar-refractivity contribution in [3.05, 3.63) is 28.8 Å². The third kappa shape index (κ3) is 4.04. The van der Waals surface area contributed by atoms with E-state index in [0.717, 1.165) is 30.6 Å². The quantitative estimate of drug-likeness (QED) is 0.498. The Hall–Kier alpha value is -2.48. The minimum Gasteiger partial charge on any atom is -0.496 e. The van der Waals surface area contributed by atoms with Crippen LogP contribution in [0.2, 0.25) is 0 Å². The third-order valence-electron chi connectivity index (χ3n) is 3.73. The molecule has 1 N–H and O–H groups in total. The van der Waals surface area contributed by atoms with Crippen molar-refractivity contribution in [3.8, 4) is 17.6 Å². The lowest BCUT2D eigenvalue weighted by Crippen LogP contribution is -2.25. The Kier molecular flexibility index (Phi) is 5.64. The van der Waals surface area contributed by atoms with Crippen molar-refractivity contribution in [2.75, 3.05) is 13.7 Å². The Morgan fingerprint density at radius 3 is 3.00 bits per heavy atom. The zero-order chi connectivity index (χ0) is 16.8. The second kappa shape index (κ2) is 7.68. The van der Waals surface area contributed by atoms with E-state index in [9.17, 15) is 10.1 Å². The van der Waals surface area contributed by atoms with Crippen LogP contribution in [0.25, 0.3) is 6.08 Å². The molecule has 1 unspecified atom stereocenters. The monoisotopic (exact) mass is 314 g/mol. The maximum absolute atomic E-state index is 12.1. The van der Waals surface area contributed by atoms with Crippen LogP contribution < -0.4 is 14.8 Å². The predicted molar refractivity (Wildman–Crippen MR) is 88.3 cm³/mol. The van der Waals surface area contributed by atoms with Gasteiger partial charge in [0.05, 0.1) is 7.11 Å². The Morgan fingerprint density at radius 2 is 2.35 bits per heavy atom. The minimum absolute atomic E-state index is 0.0606. The lowest BCUT2D eigenvalue weighted by Gasteiger charge is -2.09. The zero-order valence-electron chi connectivity index (χ0n) is 13.8. The summed E-state index contributed by atoms with van der Waals surface area (Å²) < 4.78 is 11.1. The number of nitrogens with one attached hydrogen (secondary N) is 1. The molecular weight excluding hydrogens is 292 g/mol. The molecule has 0 spiro atoms. The number of hydrogen-bond donors (Lipinski definition) is 1. The first-order valence-electron chi connectivity index (χ1n) is 7.86. The van der Waals surface area contributed by atoms with Crippen LogP contribution in [0.1, 0.15) is 37.8 Å². The van der Waals surface area contributed by atoms with Crippen LogP contribution in [0.5, 0.6) is 11.5 Å². The Balaban J connectivity index is 2.27. The molecule has 0 saturated heterocycles. The topological polar surface area (TPSA) is 71.4 Å². The van der Waals surface area contributed by atoms with Crippen LogP contribution in [0, 0.1) is 11.3 Å². The highest BCUT2D eigenvalue weighted by Gasteiger charge is 2.21. The molecule has 1 aromatic rings. The van der Waals surface area contributed by atoms with Gasteiger partial charge in [0, 0.05) is 24.1 Å². The molecule has 1 aliphatic heterocycles. The van der Waals surface area contributed by atoms with Gasteiger partial charge in [0.2, 0.25) is 0 Å². The van der Waals surface area contributed by atoms with Crippen LogP contribution >= 0.6 is 0 Å². The molecule has 23 heavy (non-hydrogen) atoms. The second-order valence-corrected chi connectivity index (χ2v) is 5.61. The lowest BCUT2D eigenvalue weighted by atomic mass is 10.0. The number of ether oxygens (including phenoxy) is 2. The summed E-state index contributed by atoms with van der Waals surface area (Å²) in [6.45, 7) is 4.61. The fourth-order valence-corrected chi connectivity index (χ4v) is 2.52. The molecule has 5 heteroatoms. The number of methoxy groups -OCH3 is 1. The molecule has 0 aromatic heterocycles. The smallest absolute Gasteiger partial charge is 0.261 e. The van der Waals surface area contributed by atoms with Gasteiger partial charge in [0.25, 0.3) is 5.91 Å². The lowest BCUT2D eigenvalue weighted by molar-refractivity contribution is -0.117. The van der Waals surface area contributed by atoms with E-state index < -0.39 is 0 Å². The first kappa shape index (κ1) is 16.9. The van der Waals surface area contributed by atoms with Gasteiger partial charge >= 0.3 is 0 Å². The molecule has 1 amide bonds. The van der Waals surface area contributed by atoms with E-state index in [2.05, 4.69) is 5.32 Å². The minimum atomic E-state index is -0.363. The summed E-state index contributed by atoms with van der Waals surface area (Å²) in [4.78, 5) is 12.1.